The van der Waals surface area contributed by atoms with Gasteiger partial charge in [0.1, 0.15) is 0 Å². The van der Waals surface area contributed by atoms with Gasteiger partial charge in [0.15, 0.2) is 0 Å². The van der Waals surface area contributed by atoms with E-state index >= 15 is 0 Å². The minimum absolute atomic E-state index is 0.138. The monoisotopic (exact) mass is 319 g/mol. The molecule has 1 fully saturated rings. The van der Waals surface area contributed by atoms with E-state index in [0.29, 0.717) is 17.7 Å². The van der Waals surface area contributed by atoms with Crippen LogP contribution in [0.3, 0.4) is 0 Å². The van der Waals surface area contributed by atoms with Gasteiger partial charge in [-0.05, 0) is 55.2 Å². The molecule has 0 saturated carbocycles. The van der Waals surface area contributed by atoms with Crippen LogP contribution in [0.2, 0.25) is 0 Å². The van der Waals surface area contributed by atoms with Gasteiger partial charge in [0, 0.05) is 30.9 Å². The number of rotatable bonds is 5. The number of carbonyl (C=O) groups is 1. The molecule has 24 heavy (non-hydrogen) atoms. The quantitative estimate of drug-likeness (QED) is 0.921. The lowest BCUT2D eigenvalue weighted by Gasteiger charge is -2.17. The van der Waals surface area contributed by atoms with Gasteiger partial charge in [0.05, 0.1) is 11.6 Å². The summed E-state index contributed by atoms with van der Waals surface area (Å²) in [5.41, 5.74) is 3.52. The molecule has 3 rings (SSSR count). The molecule has 0 bridgehead atoms. The van der Waals surface area contributed by atoms with E-state index in [0.717, 1.165) is 19.5 Å². The van der Waals surface area contributed by atoms with Gasteiger partial charge in [-0.2, -0.15) is 5.26 Å². The Hall–Kier alpha value is -2.80. The van der Waals surface area contributed by atoms with Crippen LogP contribution in [0, 0.1) is 11.3 Å². The molecule has 0 aromatic heterocycles. The molecular formula is C20H21N3O. The largest absolute Gasteiger partial charge is 0.372 e. The van der Waals surface area contributed by atoms with E-state index in [1.807, 2.05) is 6.07 Å². The summed E-state index contributed by atoms with van der Waals surface area (Å²) >= 11 is 0. The van der Waals surface area contributed by atoms with Crippen LogP contribution in [0.4, 0.5) is 5.69 Å². The number of nitriles is 1. The summed E-state index contributed by atoms with van der Waals surface area (Å²) in [6, 6.07) is 17.4. The first kappa shape index (κ1) is 16.1. The zero-order valence-electron chi connectivity index (χ0n) is 13.7. The van der Waals surface area contributed by atoms with Crippen LogP contribution in [-0.4, -0.2) is 25.5 Å². The Bertz CT molecular complexity index is 740. The highest BCUT2D eigenvalue weighted by atomic mass is 16.1. The number of nitrogens with zero attached hydrogens (tertiary/aromatic N) is 2. The van der Waals surface area contributed by atoms with Crippen LogP contribution in [0.1, 0.15) is 34.3 Å². The first-order valence-corrected chi connectivity index (χ1v) is 8.38. The first-order chi connectivity index (χ1) is 11.8. The molecule has 4 heteroatoms. The van der Waals surface area contributed by atoms with E-state index in [2.05, 4.69) is 34.5 Å². The number of nitrogens with one attached hydrogen (secondary N) is 1. The fourth-order valence-corrected chi connectivity index (χ4v) is 3.00. The van der Waals surface area contributed by atoms with Gasteiger partial charge in [-0.15, -0.1) is 0 Å². The molecule has 0 atom stereocenters. The van der Waals surface area contributed by atoms with Crippen LogP contribution in [0.5, 0.6) is 0 Å². The molecule has 0 spiro atoms. The normalized spacial score (nSPS) is 13.5. The molecule has 1 aliphatic heterocycles. The number of carbonyl (C=O) groups excluding carboxylic acids is 1. The van der Waals surface area contributed by atoms with Gasteiger partial charge in [0.2, 0.25) is 0 Å². The van der Waals surface area contributed by atoms with Crippen molar-refractivity contribution in [3.05, 3.63) is 65.2 Å². The highest BCUT2D eigenvalue weighted by Gasteiger charge is 2.11. The second-order valence-electron chi connectivity index (χ2n) is 6.06. The predicted molar refractivity (Wildman–Crippen MR) is 95.1 cm³/mol. The van der Waals surface area contributed by atoms with E-state index in [4.69, 9.17) is 5.26 Å². The van der Waals surface area contributed by atoms with Crippen LogP contribution in [0.25, 0.3) is 0 Å². The number of amides is 1. The van der Waals surface area contributed by atoms with E-state index in [-0.39, 0.29) is 5.91 Å². The van der Waals surface area contributed by atoms with Crippen molar-refractivity contribution in [1.29, 1.82) is 5.26 Å². The lowest BCUT2D eigenvalue weighted by Crippen LogP contribution is -2.25. The molecule has 1 amide bonds. The molecule has 1 saturated heterocycles. The van der Waals surface area contributed by atoms with E-state index < -0.39 is 0 Å². The Balaban J connectivity index is 1.50. The lowest BCUT2D eigenvalue weighted by atomic mass is 10.1. The van der Waals surface area contributed by atoms with E-state index in [1.165, 1.54) is 24.1 Å². The Morgan fingerprint density at radius 3 is 2.58 bits per heavy atom. The second-order valence-corrected chi connectivity index (χ2v) is 6.06. The maximum Gasteiger partial charge on any atom is 0.251 e. The molecule has 1 aliphatic rings. The minimum atomic E-state index is -0.138. The molecule has 4 nitrogen and oxygen atoms in total. The van der Waals surface area contributed by atoms with Gasteiger partial charge >= 0.3 is 0 Å². The van der Waals surface area contributed by atoms with Crippen LogP contribution < -0.4 is 10.2 Å². The average Bonchev–Trinajstić information content (AvgIpc) is 3.17. The highest BCUT2D eigenvalue weighted by Crippen LogP contribution is 2.20. The highest BCUT2D eigenvalue weighted by molar-refractivity contribution is 5.94. The van der Waals surface area contributed by atoms with Gasteiger partial charge in [0.25, 0.3) is 5.91 Å². The van der Waals surface area contributed by atoms with Crippen molar-refractivity contribution < 1.29 is 4.79 Å². The summed E-state index contributed by atoms with van der Waals surface area (Å²) in [7, 11) is 0. The van der Waals surface area contributed by atoms with Crippen molar-refractivity contribution in [3.63, 3.8) is 0 Å². The zero-order valence-corrected chi connectivity index (χ0v) is 13.7. The predicted octanol–water partition coefficient (Wildman–Crippen LogP) is 3.13. The van der Waals surface area contributed by atoms with Gasteiger partial charge in [-0.1, -0.05) is 18.2 Å². The topological polar surface area (TPSA) is 56.1 Å². The SMILES string of the molecule is N#Cc1cccc(C(=O)NCCc2ccc(N3CCCC3)cc2)c1. The van der Waals surface area contributed by atoms with Crippen LogP contribution >= 0.6 is 0 Å². The Morgan fingerprint density at radius 2 is 1.88 bits per heavy atom. The summed E-state index contributed by atoms with van der Waals surface area (Å²) in [5, 5.41) is 11.8. The average molecular weight is 319 g/mol. The Morgan fingerprint density at radius 1 is 1.12 bits per heavy atom. The van der Waals surface area contributed by atoms with E-state index in [9.17, 15) is 4.79 Å². The van der Waals surface area contributed by atoms with Crippen molar-refractivity contribution >= 4 is 11.6 Å². The maximum atomic E-state index is 12.1. The van der Waals surface area contributed by atoms with E-state index in [1.54, 1.807) is 24.3 Å². The number of hydrogen-bond donors (Lipinski definition) is 1. The zero-order chi connectivity index (χ0) is 16.8. The van der Waals surface area contributed by atoms with Gasteiger partial charge in [-0.25, -0.2) is 0 Å². The van der Waals surface area contributed by atoms with Crippen molar-refractivity contribution in [2.45, 2.75) is 19.3 Å². The number of hydrogen-bond acceptors (Lipinski definition) is 3. The van der Waals surface area contributed by atoms with Gasteiger partial charge < -0.3 is 10.2 Å². The summed E-state index contributed by atoms with van der Waals surface area (Å²) in [6.45, 7) is 2.88. The number of anilines is 1. The third-order valence-corrected chi connectivity index (χ3v) is 4.36. The standard InChI is InChI=1S/C20H21N3O/c21-15-17-4-3-5-18(14-17)20(24)22-11-10-16-6-8-19(9-7-16)23-12-1-2-13-23/h3-9,14H,1-2,10-13H2,(H,22,24). The minimum Gasteiger partial charge on any atom is -0.372 e. The van der Waals surface area contributed by atoms with Crippen molar-refractivity contribution in [1.82, 2.24) is 5.32 Å². The molecule has 0 radical (unpaired) electrons. The molecule has 122 valence electrons. The fraction of sp³-hybridized carbons (Fsp3) is 0.300. The Labute approximate surface area is 142 Å². The third kappa shape index (κ3) is 3.94. The smallest absolute Gasteiger partial charge is 0.251 e. The summed E-state index contributed by atoms with van der Waals surface area (Å²) in [6.07, 6.45) is 3.35. The van der Waals surface area contributed by atoms with Crippen molar-refractivity contribution in [2.24, 2.45) is 0 Å². The molecule has 1 heterocycles. The summed E-state index contributed by atoms with van der Waals surface area (Å²) < 4.78 is 0. The summed E-state index contributed by atoms with van der Waals surface area (Å²) in [4.78, 5) is 14.5. The Kier molecular flexibility index (Phi) is 5.12. The maximum absolute atomic E-state index is 12.1. The van der Waals surface area contributed by atoms with Crippen molar-refractivity contribution in [3.8, 4) is 6.07 Å². The molecule has 2 aromatic rings. The molecule has 1 N–H and O–H groups in total. The van der Waals surface area contributed by atoms with Crippen molar-refractivity contribution in [2.75, 3.05) is 24.5 Å². The van der Waals surface area contributed by atoms with Crippen LogP contribution in [-0.2, 0) is 6.42 Å². The lowest BCUT2D eigenvalue weighted by molar-refractivity contribution is 0.0954. The second kappa shape index (κ2) is 7.65. The van der Waals surface area contributed by atoms with Gasteiger partial charge in [-0.3, -0.25) is 4.79 Å². The number of benzene rings is 2. The fourth-order valence-electron chi connectivity index (χ4n) is 3.00. The molecule has 0 aliphatic carbocycles. The third-order valence-electron chi connectivity index (χ3n) is 4.36. The van der Waals surface area contributed by atoms with Crippen LogP contribution in [0.15, 0.2) is 48.5 Å². The molecule has 0 unspecified atom stereocenters. The first-order valence-electron chi connectivity index (χ1n) is 8.38. The molecular weight excluding hydrogens is 298 g/mol. The summed E-state index contributed by atoms with van der Waals surface area (Å²) in [5.74, 6) is -0.138. The molecule has 2 aromatic carbocycles.